The van der Waals surface area contributed by atoms with Gasteiger partial charge in [-0.05, 0) is 48.5 Å². The Morgan fingerprint density at radius 3 is 2.24 bits per heavy atom. The van der Waals surface area contributed by atoms with Crippen molar-refractivity contribution in [2.75, 3.05) is 39.3 Å². The minimum absolute atomic E-state index is 0.0791. The third-order valence-electron chi connectivity index (χ3n) is 6.32. The number of likely N-dealkylation sites (tertiary alicyclic amines) is 1. The standard InChI is InChI=1S/C26H25ClN4O3/c27-20-8-10-22(11-9-20)34-24-23(7-4-12-28-24)26(33)31-17-21(18-31)29-13-15-30(16-14-29)25(32)19-5-2-1-3-6-19/h1-12,21H,13-18H2. The largest absolute Gasteiger partial charge is 0.438 e. The molecular formula is C26H25ClN4O3. The second-order valence-electron chi connectivity index (χ2n) is 8.47. The third kappa shape index (κ3) is 4.76. The van der Waals surface area contributed by atoms with Crippen LogP contribution in [0.15, 0.2) is 72.9 Å². The zero-order chi connectivity index (χ0) is 23.5. The average molecular weight is 477 g/mol. The van der Waals surface area contributed by atoms with E-state index in [-0.39, 0.29) is 17.7 Å². The molecule has 7 nitrogen and oxygen atoms in total. The second kappa shape index (κ2) is 9.83. The number of piperazine rings is 1. The number of ether oxygens (including phenoxy) is 1. The van der Waals surface area contributed by atoms with Gasteiger partial charge in [0.1, 0.15) is 11.3 Å². The van der Waals surface area contributed by atoms with Crippen molar-refractivity contribution in [3.05, 3.63) is 89.1 Å². The van der Waals surface area contributed by atoms with Gasteiger partial charge in [0.15, 0.2) is 0 Å². The SMILES string of the molecule is O=C(c1ccccc1)N1CCN(C2CN(C(=O)c3cccnc3Oc3ccc(Cl)cc3)C2)CC1. The Balaban J connectivity index is 1.15. The predicted octanol–water partition coefficient (Wildman–Crippen LogP) is 3.81. The van der Waals surface area contributed by atoms with Gasteiger partial charge < -0.3 is 14.5 Å². The Hall–Kier alpha value is -3.42. The van der Waals surface area contributed by atoms with E-state index in [0.29, 0.717) is 48.6 Å². The summed E-state index contributed by atoms with van der Waals surface area (Å²) >= 11 is 5.94. The molecule has 0 unspecified atom stereocenters. The van der Waals surface area contributed by atoms with E-state index >= 15 is 0 Å². The number of halogens is 1. The second-order valence-corrected chi connectivity index (χ2v) is 8.91. The predicted molar refractivity (Wildman–Crippen MR) is 129 cm³/mol. The number of carbonyl (C=O) groups excluding carboxylic acids is 2. The molecule has 174 valence electrons. The molecule has 2 aliphatic heterocycles. The molecule has 5 rings (SSSR count). The number of hydrogen-bond acceptors (Lipinski definition) is 5. The van der Waals surface area contributed by atoms with Crippen molar-refractivity contribution in [1.29, 1.82) is 0 Å². The summed E-state index contributed by atoms with van der Waals surface area (Å²) in [4.78, 5) is 36.2. The number of amides is 2. The molecule has 1 aromatic heterocycles. The molecule has 0 aliphatic carbocycles. The zero-order valence-electron chi connectivity index (χ0n) is 18.6. The number of carbonyl (C=O) groups is 2. The first-order valence-electron chi connectivity index (χ1n) is 11.3. The topological polar surface area (TPSA) is 66.0 Å². The Bertz CT molecular complexity index is 1160. The van der Waals surface area contributed by atoms with E-state index in [9.17, 15) is 9.59 Å². The number of pyridine rings is 1. The van der Waals surface area contributed by atoms with Crippen molar-refractivity contribution in [1.82, 2.24) is 19.7 Å². The molecule has 2 aromatic carbocycles. The molecule has 0 radical (unpaired) electrons. The lowest BCUT2D eigenvalue weighted by Crippen LogP contribution is -2.64. The maximum atomic E-state index is 13.1. The van der Waals surface area contributed by atoms with E-state index in [0.717, 1.165) is 18.7 Å². The summed E-state index contributed by atoms with van der Waals surface area (Å²) < 4.78 is 5.85. The fourth-order valence-corrected chi connectivity index (χ4v) is 4.45. The van der Waals surface area contributed by atoms with E-state index in [1.165, 1.54) is 0 Å². The van der Waals surface area contributed by atoms with Gasteiger partial charge in [0, 0.05) is 62.1 Å². The van der Waals surface area contributed by atoms with Crippen LogP contribution in [0.2, 0.25) is 5.02 Å². The molecule has 2 fully saturated rings. The van der Waals surface area contributed by atoms with Crippen LogP contribution in [0.4, 0.5) is 0 Å². The fraction of sp³-hybridized carbons (Fsp3) is 0.269. The summed E-state index contributed by atoms with van der Waals surface area (Å²) in [7, 11) is 0. The first kappa shape index (κ1) is 22.4. The van der Waals surface area contributed by atoms with Crippen molar-refractivity contribution in [2.45, 2.75) is 6.04 Å². The van der Waals surface area contributed by atoms with Crippen molar-refractivity contribution < 1.29 is 14.3 Å². The van der Waals surface area contributed by atoms with E-state index < -0.39 is 0 Å². The summed E-state index contributed by atoms with van der Waals surface area (Å²) in [6, 6.07) is 20.1. The van der Waals surface area contributed by atoms with Crippen LogP contribution in [0.3, 0.4) is 0 Å². The summed E-state index contributed by atoms with van der Waals surface area (Å²) in [5, 5.41) is 0.613. The quantitative estimate of drug-likeness (QED) is 0.560. The lowest BCUT2D eigenvalue weighted by Gasteiger charge is -2.48. The number of benzene rings is 2. The van der Waals surface area contributed by atoms with Gasteiger partial charge in [0.25, 0.3) is 11.8 Å². The smallest absolute Gasteiger partial charge is 0.259 e. The Labute approximate surface area is 203 Å². The monoisotopic (exact) mass is 476 g/mol. The van der Waals surface area contributed by atoms with Crippen molar-refractivity contribution in [2.24, 2.45) is 0 Å². The number of nitrogens with zero attached hydrogens (tertiary/aromatic N) is 4. The summed E-state index contributed by atoms with van der Waals surface area (Å²) in [6.45, 7) is 4.31. The Morgan fingerprint density at radius 2 is 1.53 bits per heavy atom. The van der Waals surface area contributed by atoms with Crippen LogP contribution in [0, 0.1) is 0 Å². The fourth-order valence-electron chi connectivity index (χ4n) is 4.33. The van der Waals surface area contributed by atoms with Gasteiger partial charge in [0.2, 0.25) is 5.88 Å². The van der Waals surface area contributed by atoms with Gasteiger partial charge in [-0.3, -0.25) is 14.5 Å². The molecule has 8 heteroatoms. The lowest BCUT2D eigenvalue weighted by molar-refractivity contribution is 0.00839. The molecule has 2 saturated heterocycles. The average Bonchev–Trinajstić information content (AvgIpc) is 2.85. The highest BCUT2D eigenvalue weighted by Gasteiger charge is 2.37. The summed E-state index contributed by atoms with van der Waals surface area (Å²) in [5.74, 6) is 0.842. The minimum Gasteiger partial charge on any atom is -0.438 e. The highest BCUT2D eigenvalue weighted by molar-refractivity contribution is 6.30. The van der Waals surface area contributed by atoms with Gasteiger partial charge in [-0.25, -0.2) is 4.98 Å². The van der Waals surface area contributed by atoms with Crippen molar-refractivity contribution >= 4 is 23.4 Å². The van der Waals surface area contributed by atoms with Crippen LogP contribution >= 0.6 is 11.6 Å². The van der Waals surface area contributed by atoms with Gasteiger partial charge in [-0.2, -0.15) is 0 Å². The number of hydrogen-bond donors (Lipinski definition) is 0. The van der Waals surface area contributed by atoms with E-state index in [1.54, 1.807) is 42.6 Å². The number of aromatic nitrogens is 1. The van der Waals surface area contributed by atoms with Crippen LogP contribution in [-0.4, -0.2) is 76.8 Å². The van der Waals surface area contributed by atoms with E-state index in [1.807, 2.05) is 40.1 Å². The molecule has 2 amide bonds. The van der Waals surface area contributed by atoms with Crippen LogP contribution in [0.5, 0.6) is 11.6 Å². The first-order chi connectivity index (χ1) is 16.6. The molecule has 3 aromatic rings. The van der Waals surface area contributed by atoms with Crippen LogP contribution < -0.4 is 4.74 Å². The lowest BCUT2D eigenvalue weighted by atomic mass is 10.0. The molecule has 0 N–H and O–H groups in total. The van der Waals surface area contributed by atoms with Crippen molar-refractivity contribution in [3.63, 3.8) is 0 Å². The van der Waals surface area contributed by atoms with Gasteiger partial charge in [0.05, 0.1) is 0 Å². The first-order valence-corrected chi connectivity index (χ1v) is 11.7. The minimum atomic E-state index is -0.0915. The van der Waals surface area contributed by atoms with Crippen LogP contribution in [0.25, 0.3) is 0 Å². The zero-order valence-corrected chi connectivity index (χ0v) is 19.4. The molecule has 0 atom stereocenters. The van der Waals surface area contributed by atoms with Crippen LogP contribution in [0.1, 0.15) is 20.7 Å². The third-order valence-corrected chi connectivity index (χ3v) is 6.57. The Morgan fingerprint density at radius 1 is 0.824 bits per heavy atom. The molecular weight excluding hydrogens is 452 g/mol. The van der Waals surface area contributed by atoms with Crippen molar-refractivity contribution in [3.8, 4) is 11.6 Å². The van der Waals surface area contributed by atoms with Gasteiger partial charge >= 0.3 is 0 Å². The maximum Gasteiger partial charge on any atom is 0.259 e. The molecule has 0 saturated carbocycles. The normalized spacial score (nSPS) is 16.7. The van der Waals surface area contributed by atoms with Crippen LogP contribution in [-0.2, 0) is 0 Å². The van der Waals surface area contributed by atoms with E-state index in [2.05, 4.69) is 9.88 Å². The maximum absolute atomic E-state index is 13.1. The Kier molecular flexibility index (Phi) is 6.47. The summed E-state index contributed by atoms with van der Waals surface area (Å²) in [5.41, 5.74) is 1.17. The summed E-state index contributed by atoms with van der Waals surface area (Å²) in [6.07, 6.45) is 1.61. The molecule has 0 spiro atoms. The molecule has 34 heavy (non-hydrogen) atoms. The van der Waals surface area contributed by atoms with Gasteiger partial charge in [-0.15, -0.1) is 0 Å². The van der Waals surface area contributed by atoms with E-state index in [4.69, 9.17) is 16.3 Å². The molecule has 2 aliphatic rings. The molecule has 0 bridgehead atoms. The van der Waals surface area contributed by atoms with Gasteiger partial charge in [-0.1, -0.05) is 29.8 Å². The number of rotatable bonds is 5. The highest BCUT2D eigenvalue weighted by Crippen LogP contribution is 2.27. The highest BCUT2D eigenvalue weighted by atomic mass is 35.5. The molecule has 3 heterocycles.